The van der Waals surface area contributed by atoms with E-state index in [9.17, 15) is 43.8 Å². The van der Waals surface area contributed by atoms with E-state index in [0.29, 0.717) is 24.3 Å². The summed E-state index contributed by atoms with van der Waals surface area (Å²) in [7, 11) is 0. The van der Waals surface area contributed by atoms with Gasteiger partial charge < -0.3 is 46.1 Å². The second-order valence-electron chi connectivity index (χ2n) is 18.6. The van der Waals surface area contributed by atoms with Crippen molar-refractivity contribution in [3.05, 3.63) is 83.5 Å². The second-order valence-corrected chi connectivity index (χ2v) is 20.2. The van der Waals surface area contributed by atoms with Crippen molar-refractivity contribution in [3.63, 3.8) is 0 Å². The number of nitrogens with one attached hydrogen (secondary N) is 4. The number of Topliss-reactive ketones (excluding diaryl/α,β-unsaturated/α-hetero) is 1. The number of carbonyl (C=O) groups is 7. The molecule has 0 aromatic heterocycles. The molecular weight excluding hydrogens is 889 g/mol. The molecule has 5 aliphatic rings. The maximum absolute atomic E-state index is 13.9. The lowest BCUT2D eigenvalue weighted by atomic mass is 9.46. The van der Waals surface area contributed by atoms with Crippen LogP contribution < -0.4 is 21.3 Å². The molecule has 1 heterocycles. The van der Waals surface area contributed by atoms with Gasteiger partial charge in [0.25, 0.3) is 0 Å². The number of hydrogen-bond donors (Lipinski definition) is 8. The Bertz CT molecular complexity index is 2320. The number of aliphatic hydroxyl groups is 2. The van der Waals surface area contributed by atoms with Crippen molar-refractivity contribution < 1.29 is 58.4 Å². The highest BCUT2D eigenvalue weighted by Crippen LogP contribution is 2.70. The molecular formula is C48H58N4O12S2. The fraction of sp³-hybridized carbons (Fsp3) is 0.521. The Labute approximate surface area is 392 Å². The maximum atomic E-state index is 13.9. The highest BCUT2D eigenvalue weighted by Gasteiger charge is 2.76. The Morgan fingerprint density at radius 3 is 2.42 bits per heavy atom. The van der Waals surface area contributed by atoms with Crippen molar-refractivity contribution in [2.24, 2.45) is 28.6 Å². The maximum Gasteiger partial charge on any atom is 0.304 e. The highest BCUT2D eigenvalue weighted by atomic mass is 32.2. The number of anilines is 1. The molecule has 4 amide bonds. The summed E-state index contributed by atoms with van der Waals surface area (Å²) in [6, 6.07) is 13.0. The van der Waals surface area contributed by atoms with Crippen LogP contribution in [0.5, 0.6) is 0 Å². The van der Waals surface area contributed by atoms with E-state index in [1.165, 1.54) is 13.8 Å². The zero-order valence-electron chi connectivity index (χ0n) is 37.3. The number of benzene rings is 2. The van der Waals surface area contributed by atoms with E-state index < -0.39 is 101 Å². The number of amides is 4. The van der Waals surface area contributed by atoms with Gasteiger partial charge in [0.1, 0.15) is 18.7 Å². The molecule has 1 saturated heterocycles. The molecule has 0 bridgehead atoms. The van der Waals surface area contributed by atoms with Crippen molar-refractivity contribution in [2.45, 2.75) is 118 Å². The summed E-state index contributed by atoms with van der Waals surface area (Å²) in [5.74, 6) is -3.38. The third-order valence-corrected chi connectivity index (χ3v) is 15.9. The normalized spacial score (nSPS) is 30.8. The Balaban J connectivity index is 0.903. The number of thioether (sulfide) groups is 1. The Morgan fingerprint density at radius 2 is 1.71 bits per heavy atom. The van der Waals surface area contributed by atoms with Gasteiger partial charge in [0.05, 0.1) is 23.9 Å². The van der Waals surface area contributed by atoms with Crippen molar-refractivity contribution >= 4 is 71.2 Å². The van der Waals surface area contributed by atoms with Gasteiger partial charge >= 0.3 is 5.97 Å². The van der Waals surface area contributed by atoms with E-state index in [2.05, 4.69) is 40.8 Å². The summed E-state index contributed by atoms with van der Waals surface area (Å²) in [6.45, 7) is 6.29. The molecule has 354 valence electrons. The molecule has 66 heavy (non-hydrogen) atoms. The first-order valence-electron chi connectivity index (χ1n) is 22.3. The number of hydrogen-bond acceptors (Lipinski definition) is 13. The summed E-state index contributed by atoms with van der Waals surface area (Å²) in [5, 5.41) is 40.3. The fourth-order valence-electron chi connectivity index (χ4n) is 11.1. The number of carbonyl (C=O) groups excluding carboxylic acids is 6. The van der Waals surface area contributed by atoms with Crippen LogP contribution in [0.25, 0.3) is 0 Å². The Kier molecular flexibility index (Phi) is 14.7. The van der Waals surface area contributed by atoms with E-state index >= 15 is 0 Å². The summed E-state index contributed by atoms with van der Waals surface area (Å²) >= 11 is 5.47. The zero-order valence-corrected chi connectivity index (χ0v) is 39.0. The lowest BCUT2D eigenvalue weighted by Crippen LogP contribution is -2.63. The number of rotatable bonds is 17. The van der Waals surface area contributed by atoms with E-state index in [1.54, 1.807) is 36.0 Å². The second kappa shape index (κ2) is 19.8. The minimum Gasteiger partial charge on any atom is -0.481 e. The van der Waals surface area contributed by atoms with Crippen molar-refractivity contribution in [1.82, 2.24) is 16.0 Å². The molecule has 16 nitrogen and oxygen atoms in total. The molecule has 0 spiro atoms. The van der Waals surface area contributed by atoms with Crippen LogP contribution in [-0.2, 0) is 48.8 Å². The standard InChI is InChI=1S/C48H58N4O12S2/c1-25(50-39(57)15-17-49-44(62)36(65)21-40(58)59)42(60)51-26(2)43(61)52-30-6-5-7-32(19-30)66-24-27-8-10-28(11-9-27)45-63-38-20-34-33-13-12-29-18-31(54)14-16-46(29,3)41(33)35(55)22-47(34,4)48(38,64-45)37(56)23-53/h5-11,14,16,18-19,25-26,33-36,38,41,45,53,55,65H,12-13,15,17,20-24H2,1-4H3,(H,49,62)(H,50,57)(H,51,60)(H,52,61)(H,58,59)/t25-,26-,33-,34?,35-,36?,38+,41?,45+,46-,47-,48+/m0/s1. The first-order chi connectivity index (χ1) is 31.3. The molecule has 2 aromatic rings. The minimum absolute atomic E-state index is 0.00803. The molecule has 18 heteroatoms. The van der Waals surface area contributed by atoms with Gasteiger partial charge in [-0.3, -0.25) is 33.6 Å². The van der Waals surface area contributed by atoms with Crippen molar-refractivity contribution in [3.8, 4) is 0 Å². The molecule has 1 aliphatic heterocycles. The monoisotopic (exact) mass is 946 g/mol. The molecule has 4 aliphatic carbocycles. The topological polar surface area (TPSA) is 247 Å². The van der Waals surface area contributed by atoms with Crippen LogP contribution >= 0.6 is 24.4 Å². The minimum atomic E-state index is -1.44. The predicted octanol–water partition coefficient (Wildman–Crippen LogP) is 3.81. The van der Waals surface area contributed by atoms with E-state index in [-0.39, 0.29) is 36.5 Å². The molecule has 7 N–H and O–H groups in total. The number of ether oxygens (including phenoxy) is 2. The molecule has 2 aromatic carbocycles. The number of fused-ring (bicyclic) bond motifs is 7. The Morgan fingerprint density at radius 1 is 0.985 bits per heavy atom. The van der Waals surface area contributed by atoms with Crippen LogP contribution in [-0.4, -0.2) is 105 Å². The quantitative estimate of drug-likeness (QED) is 0.0832. The lowest BCUT2D eigenvalue weighted by Gasteiger charge is -2.59. The molecule has 7 rings (SSSR count). The number of carboxylic acids is 1. The fourth-order valence-corrected chi connectivity index (χ4v) is 12.3. The van der Waals surface area contributed by atoms with Crippen LogP contribution in [0.2, 0.25) is 0 Å². The van der Waals surface area contributed by atoms with Gasteiger partial charge in [0.15, 0.2) is 23.5 Å². The van der Waals surface area contributed by atoms with Crippen LogP contribution in [0.3, 0.4) is 0 Å². The average molecular weight is 947 g/mol. The van der Waals surface area contributed by atoms with Gasteiger partial charge in [0, 0.05) is 51.6 Å². The lowest BCUT2D eigenvalue weighted by molar-refractivity contribution is -0.201. The van der Waals surface area contributed by atoms with Crippen LogP contribution in [0.15, 0.2) is 77.2 Å². The summed E-state index contributed by atoms with van der Waals surface area (Å²) in [6.07, 6.45) is 4.76. The number of carboxylic acid groups (broad SMARTS) is 1. The number of aliphatic hydroxyl groups excluding tert-OH is 2. The SMILES string of the molecule is C[C@H](NC(=O)CCNC(=O)C(S)CC(=O)O)C(=O)N[C@@H](C)C(=O)Nc1cccc(SCc2ccc([C@@H]3O[C@@H]4CC5[C@@H]6CCC7=CC(=O)C=C[C@]7(C)C6[C@@H](O)C[C@]5(C)[C@]4(C(=O)CO)O3)cc2)c1. The van der Waals surface area contributed by atoms with Crippen LogP contribution in [0.4, 0.5) is 5.69 Å². The molecule has 0 radical (unpaired) electrons. The number of allylic oxidation sites excluding steroid dienone is 4. The Hall–Kier alpha value is -4.85. The third-order valence-electron chi connectivity index (χ3n) is 14.4. The van der Waals surface area contributed by atoms with Gasteiger partial charge in [-0.05, 0) is 87.3 Å². The molecule has 12 atom stereocenters. The van der Waals surface area contributed by atoms with Gasteiger partial charge in [-0.15, -0.1) is 11.8 Å². The van der Waals surface area contributed by atoms with E-state index in [0.717, 1.165) is 34.4 Å². The van der Waals surface area contributed by atoms with Crippen LogP contribution in [0, 0.1) is 28.6 Å². The van der Waals surface area contributed by atoms with E-state index in [1.807, 2.05) is 49.4 Å². The van der Waals surface area contributed by atoms with Crippen LogP contribution in [0.1, 0.15) is 83.6 Å². The summed E-state index contributed by atoms with van der Waals surface area (Å²) in [4.78, 5) is 87.9. The zero-order chi connectivity index (χ0) is 47.7. The largest absolute Gasteiger partial charge is 0.481 e. The van der Waals surface area contributed by atoms with Crippen molar-refractivity contribution in [1.29, 1.82) is 0 Å². The average Bonchev–Trinajstić information content (AvgIpc) is 3.78. The van der Waals surface area contributed by atoms with Gasteiger partial charge in [-0.2, -0.15) is 12.6 Å². The van der Waals surface area contributed by atoms with Gasteiger partial charge in [-0.25, -0.2) is 0 Å². The number of aliphatic carboxylic acids is 1. The third kappa shape index (κ3) is 9.63. The first kappa shape index (κ1) is 49.1. The number of ketones is 2. The highest BCUT2D eigenvalue weighted by molar-refractivity contribution is 7.98. The predicted molar refractivity (Wildman–Crippen MR) is 246 cm³/mol. The van der Waals surface area contributed by atoms with E-state index in [4.69, 9.17) is 14.6 Å². The molecule has 4 fully saturated rings. The smallest absolute Gasteiger partial charge is 0.304 e. The van der Waals surface area contributed by atoms with Gasteiger partial charge in [-0.1, -0.05) is 55.8 Å². The summed E-state index contributed by atoms with van der Waals surface area (Å²) < 4.78 is 13.4. The molecule has 3 unspecified atom stereocenters. The molecule has 3 saturated carbocycles. The number of thiol groups is 1. The van der Waals surface area contributed by atoms with Gasteiger partial charge in [0.2, 0.25) is 23.6 Å². The summed E-state index contributed by atoms with van der Waals surface area (Å²) in [5.41, 5.74) is 0.568. The first-order valence-corrected chi connectivity index (χ1v) is 23.8. The van der Waals surface area contributed by atoms with Crippen molar-refractivity contribution in [2.75, 3.05) is 18.5 Å².